The molecule has 1 heterocycles. The Morgan fingerprint density at radius 3 is 2.04 bits per heavy atom. The maximum Gasteiger partial charge on any atom is 0.257 e. The number of carbonyl (C=O) groups is 2. The van der Waals surface area contributed by atoms with Gasteiger partial charge < -0.3 is 10.6 Å². The van der Waals surface area contributed by atoms with Crippen molar-refractivity contribution in [3.8, 4) is 6.07 Å². The van der Waals surface area contributed by atoms with Crippen LogP contribution in [0.15, 0.2) is 60.9 Å². The van der Waals surface area contributed by atoms with Crippen molar-refractivity contribution in [2.45, 2.75) is 13.8 Å². The quantitative estimate of drug-likeness (QED) is 0.723. The Morgan fingerprint density at radius 1 is 0.893 bits per heavy atom. The lowest BCUT2D eigenvalue weighted by molar-refractivity contribution is 0.102. The molecule has 0 atom stereocenters. The molecule has 0 aliphatic heterocycles. The fourth-order valence-electron chi connectivity index (χ4n) is 2.72. The molecule has 0 spiro atoms. The lowest BCUT2D eigenvalue weighted by Crippen LogP contribution is -2.17. The minimum atomic E-state index is -0.390. The molecule has 0 aliphatic rings. The van der Waals surface area contributed by atoms with Crippen molar-refractivity contribution in [2.75, 3.05) is 10.6 Å². The number of amides is 2. The van der Waals surface area contributed by atoms with Crippen LogP contribution in [0.2, 0.25) is 0 Å². The van der Waals surface area contributed by atoms with Gasteiger partial charge >= 0.3 is 0 Å². The predicted molar refractivity (Wildman–Crippen MR) is 107 cm³/mol. The highest BCUT2D eigenvalue weighted by molar-refractivity contribution is 6.08. The summed E-state index contributed by atoms with van der Waals surface area (Å²) in [6.45, 7) is 3.84. The Morgan fingerprint density at radius 2 is 1.46 bits per heavy atom. The standard InChI is InChI=1S/C22H18N4O2/c1-14-4-3-5-15(2)20(14)26-22(28)18-10-17(12-24-13-18)21(27)25-19-8-6-16(11-23)7-9-19/h3-10,12-13H,1-2H3,(H,25,27)(H,26,28). The molecule has 2 aromatic carbocycles. The average Bonchev–Trinajstić information content (AvgIpc) is 2.71. The first-order chi connectivity index (χ1) is 13.5. The van der Waals surface area contributed by atoms with Crippen molar-refractivity contribution in [1.82, 2.24) is 4.98 Å². The molecule has 2 amide bonds. The largest absolute Gasteiger partial charge is 0.322 e. The molecule has 2 N–H and O–H groups in total. The van der Waals surface area contributed by atoms with Crippen LogP contribution in [0.1, 0.15) is 37.4 Å². The maximum absolute atomic E-state index is 12.6. The molecule has 28 heavy (non-hydrogen) atoms. The number of para-hydroxylation sites is 1. The molecule has 6 heteroatoms. The van der Waals surface area contributed by atoms with E-state index in [9.17, 15) is 9.59 Å². The van der Waals surface area contributed by atoms with E-state index in [2.05, 4.69) is 15.6 Å². The molecule has 1 aromatic heterocycles. The molecule has 0 saturated heterocycles. The number of benzene rings is 2. The fraction of sp³-hybridized carbons (Fsp3) is 0.0909. The molecule has 138 valence electrons. The minimum Gasteiger partial charge on any atom is -0.322 e. The molecule has 0 unspecified atom stereocenters. The van der Waals surface area contributed by atoms with E-state index in [0.717, 1.165) is 16.8 Å². The number of nitriles is 1. The van der Waals surface area contributed by atoms with Gasteiger partial charge in [0.1, 0.15) is 0 Å². The molecular formula is C22H18N4O2. The zero-order chi connectivity index (χ0) is 20.1. The summed E-state index contributed by atoms with van der Waals surface area (Å²) in [5.74, 6) is -0.725. The van der Waals surface area contributed by atoms with Crippen LogP contribution in [-0.4, -0.2) is 16.8 Å². The number of aromatic nitrogens is 1. The van der Waals surface area contributed by atoms with Gasteiger partial charge in [-0.25, -0.2) is 0 Å². The lowest BCUT2D eigenvalue weighted by Gasteiger charge is -2.12. The van der Waals surface area contributed by atoms with E-state index in [1.165, 1.54) is 18.5 Å². The van der Waals surface area contributed by atoms with Crippen molar-refractivity contribution in [3.63, 3.8) is 0 Å². The summed E-state index contributed by atoms with van der Waals surface area (Å²) < 4.78 is 0. The molecule has 3 aromatic rings. The third kappa shape index (κ3) is 4.22. The zero-order valence-corrected chi connectivity index (χ0v) is 15.5. The Hall–Kier alpha value is -3.98. The number of anilines is 2. The number of hydrogen-bond acceptors (Lipinski definition) is 4. The Kier molecular flexibility index (Phi) is 5.47. The van der Waals surface area contributed by atoms with Crippen LogP contribution in [-0.2, 0) is 0 Å². The Balaban J connectivity index is 1.76. The van der Waals surface area contributed by atoms with Gasteiger partial charge in [-0.3, -0.25) is 14.6 Å². The Labute approximate surface area is 162 Å². The van der Waals surface area contributed by atoms with Gasteiger partial charge in [-0.05, 0) is 55.3 Å². The van der Waals surface area contributed by atoms with E-state index in [1.54, 1.807) is 24.3 Å². The second-order valence-electron chi connectivity index (χ2n) is 6.33. The van der Waals surface area contributed by atoms with Crippen LogP contribution in [0.5, 0.6) is 0 Å². The smallest absolute Gasteiger partial charge is 0.257 e. The van der Waals surface area contributed by atoms with Crippen molar-refractivity contribution >= 4 is 23.2 Å². The highest BCUT2D eigenvalue weighted by Crippen LogP contribution is 2.20. The van der Waals surface area contributed by atoms with Crippen LogP contribution in [0, 0.1) is 25.2 Å². The normalized spacial score (nSPS) is 10.0. The molecule has 6 nitrogen and oxygen atoms in total. The van der Waals surface area contributed by atoms with E-state index in [4.69, 9.17) is 5.26 Å². The number of rotatable bonds is 4. The molecule has 0 aliphatic carbocycles. The first-order valence-corrected chi connectivity index (χ1v) is 8.62. The van der Waals surface area contributed by atoms with Gasteiger partial charge in [-0.15, -0.1) is 0 Å². The lowest BCUT2D eigenvalue weighted by atomic mass is 10.1. The van der Waals surface area contributed by atoms with Crippen molar-refractivity contribution in [1.29, 1.82) is 5.26 Å². The average molecular weight is 370 g/mol. The van der Waals surface area contributed by atoms with E-state index in [0.29, 0.717) is 11.3 Å². The fourth-order valence-corrected chi connectivity index (χ4v) is 2.72. The topological polar surface area (TPSA) is 94.9 Å². The van der Waals surface area contributed by atoms with Crippen molar-refractivity contribution in [3.05, 3.63) is 88.7 Å². The summed E-state index contributed by atoms with van der Waals surface area (Å²) >= 11 is 0. The van der Waals surface area contributed by atoms with Gasteiger partial charge in [0.2, 0.25) is 0 Å². The maximum atomic E-state index is 12.6. The summed E-state index contributed by atoms with van der Waals surface area (Å²) in [6, 6.07) is 15.8. The molecular weight excluding hydrogens is 352 g/mol. The second kappa shape index (κ2) is 8.14. The predicted octanol–water partition coefficient (Wildman–Crippen LogP) is 4.07. The number of nitrogens with zero attached hydrogens (tertiary/aromatic N) is 2. The Bertz CT molecular complexity index is 1060. The number of carbonyl (C=O) groups excluding carboxylic acids is 2. The first kappa shape index (κ1) is 18.8. The third-order valence-corrected chi connectivity index (χ3v) is 4.25. The van der Waals surface area contributed by atoms with Crippen LogP contribution in [0.3, 0.4) is 0 Å². The SMILES string of the molecule is Cc1cccc(C)c1NC(=O)c1cncc(C(=O)Nc2ccc(C#N)cc2)c1. The van der Waals surface area contributed by atoms with Gasteiger partial charge in [-0.2, -0.15) is 5.26 Å². The van der Waals surface area contributed by atoms with E-state index < -0.39 is 0 Å². The van der Waals surface area contributed by atoms with Crippen LogP contribution in [0.4, 0.5) is 11.4 Å². The molecule has 0 radical (unpaired) electrons. The molecule has 0 fully saturated rings. The van der Waals surface area contributed by atoms with Crippen LogP contribution in [0.25, 0.3) is 0 Å². The highest BCUT2D eigenvalue weighted by Gasteiger charge is 2.13. The highest BCUT2D eigenvalue weighted by atomic mass is 16.2. The summed E-state index contributed by atoms with van der Waals surface area (Å²) in [6.07, 6.45) is 2.82. The number of pyridine rings is 1. The number of hydrogen-bond donors (Lipinski definition) is 2. The van der Waals surface area contributed by atoms with Crippen LogP contribution < -0.4 is 10.6 Å². The summed E-state index contributed by atoms with van der Waals surface area (Å²) in [4.78, 5) is 29.1. The van der Waals surface area contributed by atoms with Gasteiger partial charge in [0, 0.05) is 23.8 Å². The number of aryl methyl sites for hydroxylation is 2. The van der Waals surface area contributed by atoms with Gasteiger partial charge in [-0.1, -0.05) is 18.2 Å². The van der Waals surface area contributed by atoms with Crippen LogP contribution >= 0.6 is 0 Å². The number of nitrogens with one attached hydrogen (secondary N) is 2. The summed E-state index contributed by atoms with van der Waals surface area (Å²) in [5, 5.41) is 14.4. The summed E-state index contributed by atoms with van der Waals surface area (Å²) in [7, 11) is 0. The molecule has 3 rings (SSSR count). The molecule has 0 bridgehead atoms. The first-order valence-electron chi connectivity index (χ1n) is 8.62. The van der Waals surface area contributed by atoms with Gasteiger partial charge in [0.15, 0.2) is 0 Å². The minimum absolute atomic E-state index is 0.263. The van der Waals surface area contributed by atoms with Crippen molar-refractivity contribution in [2.24, 2.45) is 0 Å². The van der Waals surface area contributed by atoms with Gasteiger partial charge in [0.25, 0.3) is 11.8 Å². The molecule has 0 saturated carbocycles. The van der Waals surface area contributed by atoms with Gasteiger partial charge in [0.05, 0.1) is 22.8 Å². The van der Waals surface area contributed by atoms with E-state index in [1.807, 2.05) is 38.1 Å². The second-order valence-corrected chi connectivity index (χ2v) is 6.33. The zero-order valence-electron chi connectivity index (χ0n) is 15.5. The van der Waals surface area contributed by atoms with E-state index >= 15 is 0 Å². The van der Waals surface area contributed by atoms with Crippen molar-refractivity contribution < 1.29 is 9.59 Å². The third-order valence-electron chi connectivity index (χ3n) is 4.25. The monoisotopic (exact) mass is 370 g/mol. The van der Waals surface area contributed by atoms with E-state index in [-0.39, 0.29) is 22.9 Å². The summed E-state index contributed by atoms with van der Waals surface area (Å²) in [5.41, 5.74) is 4.26.